The average Bonchev–Trinajstić information content (AvgIpc) is 3.11. The molecule has 0 amide bonds. The topological polar surface area (TPSA) is 78.1 Å². The largest absolute Gasteiger partial charge is 0.493 e. The highest BCUT2D eigenvalue weighted by Crippen LogP contribution is 2.47. The van der Waals surface area contributed by atoms with Crippen LogP contribution in [0.15, 0.2) is 70.3 Å². The molecule has 7 nitrogen and oxygen atoms in total. The number of ketones is 1. The van der Waals surface area contributed by atoms with Crippen LogP contribution in [0.25, 0.3) is 0 Å². The van der Waals surface area contributed by atoms with Crippen molar-refractivity contribution < 1.29 is 23.7 Å². The summed E-state index contributed by atoms with van der Waals surface area (Å²) in [5.74, 6) is 2.71. The number of anilines is 2. The van der Waals surface area contributed by atoms with E-state index in [2.05, 4.69) is 26.6 Å². The van der Waals surface area contributed by atoms with E-state index in [9.17, 15) is 4.79 Å². The first-order chi connectivity index (χ1) is 19.3. The van der Waals surface area contributed by atoms with Crippen LogP contribution < -0.4 is 29.6 Å². The first-order valence-corrected chi connectivity index (χ1v) is 14.4. The van der Waals surface area contributed by atoms with E-state index >= 15 is 0 Å². The first-order valence-electron chi connectivity index (χ1n) is 13.6. The molecule has 0 radical (unpaired) electrons. The molecule has 0 aromatic heterocycles. The summed E-state index contributed by atoms with van der Waals surface area (Å²) in [5.41, 5.74) is 5.45. The highest BCUT2D eigenvalue weighted by molar-refractivity contribution is 9.10. The summed E-state index contributed by atoms with van der Waals surface area (Å²) in [5, 5.41) is 7.24. The van der Waals surface area contributed by atoms with Gasteiger partial charge >= 0.3 is 0 Å². The van der Waals surface area contributed by atoms with Crippen LogP contribution in [0.1, 0.15) is 56.7 Å². The van der Waals surface area contributed by atoms with Crippen molar-refractivity contribution in [1.82, 2.24) is 0 Å². The van der Waals surface area contributed by atoms with Gasteiger partial charge in [-0.25, -0.2) is 0 Å². The zero-order valence-corrected chi connectivity index (χ0v) is 25.1. The zero-order chi connectivity index (χ0) is 28.4. The highest BCUT2D eigenvalue weighted by Gasteiger charge is 2.37. The lowest BCUT2D eigenvalue weighted by Crippen LogP contribution is -2.27. The number of allylic oxidation sites excluding steroid dienone is 1. The normalized spacial score (nSPS) is 18.2. The minimum Gasteiger partial charge on any atom is -0.493 e. The number of methoxy groups -OCH3 is 2. The number of benzene rings is 3. The molecule has 0 fully saturated rings. The number of Topliss-reactive ketones (excluding diaryl/α,β-unsaturated/α-hetero) is 1. The molecule has 40 heavy (non-hydrogen) atoms. The van der Waals surface area contributed by atoms with E-state index in [0.717, 1.165) is 38.2 Å². The van der Waals surface area contributed by atoms with E-state index in [4.69, 9.17) is 18.9 Å². The number of fused-ring (bicyclic) bond motifs is 1. The summed E-state index contributed by atoms with van der Waals surface area (Å²) in [7, 11) is 3.26. The summed E-state index contributed by atoms with van der Waals surface area (Å²) in [4.78, 5) is 14.0. The van der Waals surface area contributed by atoms with Gasteiger partial charge in [0, 0.05) is 17.7 Å². The second kappa shape index (κ2) is 11.8. The second-order valence-electron chi connectivity index (χ2n) is 10.2. The Balaban J connectivity index is 1.57. The van der Waals surface area contributed by atoms with Crippen LogP contribution in [0.3, 0.4) is 0 Å². The van der Waals surface area contributed by atoms with Gasteiger partial charge in [0.2, 0.25) is 0 Å². The molecule has 2 aliphatic rings. The molecule has 0 spiro atoms. The lowest BCUT2D eigenvalue weighted by molar-refractivity contribution is -0.116. The monoisotopic (exact) mass is 606 g/mol. The van der Waals surface area contributed by atoms with E-state index in [1.807, 2.05) is 75.4 Å². The highest BCUT2D eigenvalue weighted by atomic mass is 79.9. The summed E-state index contributed by atoms with van der Waals surface area (Å²) >= 11 is 3.66. The Kier molecular flexibility index (Phi) is 8.26. The van der Waals surface area contributed by atoms with Gasteiger partial charge in [-0.1, -0.05) is 18.2 Å². The fourth-order valence-electron chi connectivity index (χ4n) is 5.46. The third-order valence-electron chi connectivity index (χ3n) is 7.20. The third-order valence-corrected chi connectivity index (χ3v) is 7.79. The molecule has 0 saturated carbocycles. The summed E-state index contributed by atoms with van der Waals surface area (Å²) in [6.45, 7) is 6.42. The van der Waals surface area contributed by atoms with Gasteiger partial charge in [0.15, 0.2) is 28.8 Å². The Hall–Kier alpha value is -3.65. The molecule has 1 heterocycles. The van der Waals surface area contributed by atoms with Crippen LogP contribution >= 0.6 is 15.9 Å². The summed E-state index contributed by atoms with van der Waals surface area (Å²) < 4.78 is 23.8. The Bertz CT molecular complexity index is 1450. The van der Waals surface area contributed by atoms with Crippen molar-refractivity contribution in [2.45, 2.75) is 51.7 Å². The van der Waals surface area contributed by atoms with Gasteiger partial charge in [0.05, 0.1) is 48.8 Å². The van der Waals surface area contributed by atoms with Crippen LogP contribution in [0.2, 0.25) is 0 Å². The Morgan fingerprint density at radius 3 is 2.35 bits per heavy atom. The average molecular weight is 608 g/mol. The van der Waals surface area contributed by atoms with Crippen LogP contribution in [-0.2, 0) is 4.79 Å². The van der Waals surface area contributed by atoms with E-state index < -0.39 is 0 Å². The van der Waals surface area contributed by atoms with E-state index in [1.54, 1.807) is 14.2 Å². The number of hydrogen-bond acceptors (Lipinski definition) is 7. The number of hydrogen-bond donors (Lipinski definition) is 2. The minimum absolute atomic E-state index is 0.00624. The van der Waals surface area contributed by atoms with E-state index in [1.165, 1.54) is 0 Å². The van der Waals surface area contributed by atoms with Crippen LogP contribution in [0.5, 0.6) is 23.0 Å². The smallest absolute Gasteiger partial charge is 0.175 e. The number of rotatable bonds is 8. The molecule has 3 aromatic rings. The van der Waals surface area contributed by atoms with Crippen molar-refractivity contribution >= 4 is 33.1 Å². The summed E-state index contributed by atoms with van der Waals surface area (Å²) in [6.07, 6.45) is 1.10. The van der Waals surface area contributed by atoms with Gasteiger partial charge in [-0.2, -0.15) is 0 Å². The number of halogens is 1. The summed E-state index contributed by atoms with van der Waals surface area (Å²) in [6, 6.07) is 17.6. The van der Waals surface area contributed by atoms with Crippen molar-refractivity contribution in [2.24, 2.45) is 0 Å². The molecule has 0 saturated heterocycles. The van der Waals surface area contributed by atoms with E-state index in [0.29, 0.717) is 42.4 Å². The molecule has 8 heteroatoms. The van der Waals surface area contributed by atoms with Gasteiger partial charge in [0.25, 0.3) is 0 Å². The molecular formula is C32H35BrN2O5. The number of para-hydroxylation sites is 2. The molecular weight excluding hydrogens is 572 g/mol. The van der Waals surface area contributed by atoms with Gasteiger partial charge in [-0.05, 0) is 96.6 Å². The van der Waals surface area contributed by atoms with Crippen molar-refractivity contribution in [3.05, 3.63) is 81.5 Å². The Labute approximate surface area is 244 Å². The van der Waals surface area contributed by atoms with Crippen molar-refractivity contribution in [3.8, 4) is 23.0 Å². The zero-order valence-electron chi connectivity index (χ0n) is 23.5. The maximum atomic E-state index is 14.0. The Morgan fingerprint density at radius 1 is 0.925 bits per heavy atom. The predicted molar refractivity (Wildman–Crippen MR) is 161 cm³/mol. The van der Waals surface area contributed by atoms with Gasteiger partial charge in [-0.15, -0.1) is 0 Å². The van der Waals surface area contributed by atoms with E-state index in [-0.39, 0.29) is 23.8 Å². The van der Waals surface area contributed by atoms with Crippen molar-refractivity contribution in [3.63, 3.8) is 0 Å². The molecule has 2 unspecified atom stereocenters. The number of nitrogens with one attached hydrogen (secondary N) is 2. The van der Waals surface area contributed by atoms with Gasteiger partial charge < -0.3 is 29.6 Å². The quantitative estimate of drug-likeness (QED) is 0.273. The van der Waals surface area contributed by atoms with Crippen LogP contribution in [0, 0.1) is 0 Å². The minimum atomic E-state index is -0.378. The lowest BCUT2D eigenvalue weighted by atomic mass is 9.78. The van der Waals surface area contributed by atoms with Crippen LogP contribution in [-0.4, -0.2) is 32.7 Å². The SMILES string of the molecule is CCOc1c(Br)cc(C2Nc3ccccc3NC3=C2C(=O)CC(c2ccc(OC(C)C)c(OC)c2)C3)cc1OC. The molecule has 2 atom stereocenters. The second-order valence-corrected chi connectivity index (χ2v) is 11.1. The number of ether oxygens (including phenoxy) is 4. The van der Waals surface area contributed by atoms with Crippen molar-refractivity contribution in [2.75, 3.05) is 31.5 Å². The molecule has 1 aliphatic carbocycles. The maximum Gasteiger partial charge on any atom is 0.175 e. The molecule has 210 valence electrons. The first kappa shape index (κ1) is 27.9. The van der Waals surface area contributed by atoms with Gasteiger partial charge in [-0.3, -0.25) is 4.79 Å². The molecule has 2 N–H and O–H groups in total. The third kappa shape index (κ3) is 5.50. The number of carbonyl (C=O) groups is 1. The van der Waals surface area contributed by atoms with Gasteiger partial charge in [0.1, 0.15) is 0 Å². The van der Waals surface area contributed by atoms with Crippen molar-refractivity contribution in [1.29, 1.82) is 0 Å². The Morgan fingerprint density at radius 2 is 1.65 bits per heavy atom. The molecule has 0 bridgehead atoms. The molecule has 3 aromatic carbocycles. The number of carbonyl (C=O) groups excluding carboxylic acids is 1. The fraction of sp³-hybridized carbons (Fsp3) is 0.344. The van der Waals surface area contributed by atoms with Crippen LogP contribution in [0.4, 0.5) is 11.4 Å². The molecule has 5 rings (SSSR count). The fourth-order valence-corrected chi connectivity index (χ4v) is 6.03. The maximum absolute atomic E-state index is 14.0. The predicted octanol–water partition coefficient (Wildman–Crippen LogP) is 7.63. The molecule has 1 aliphatic heterocycles. The standard InChI is InChI=1S/C32H35BrN2O5/c1-6-39-32-22(33)13-21(17-29(32)38-5)31-30-25(34-23-9-7-8-10-24(23)35-31)14-20(15-26(30)36)19-11-12-27(40-18(2)3)28(16-19)37-4/h7-13,16-18,20,31,34-35H,6,14-15H2,1-5H3. The lowest BCUT2D eigenvalue weighted by Gasteiger charge is -2.30.